The van der Waals surface area contributed by atoms with E-state index in [0.29, 0.717) is 4.73 Å². The first-order valence-electron chi connectivity index (χ1n) is 3.82. The quantitative estimate of drug-likeness (QED) is 0.714. The highest BCUT2D eigenvalue weighted by Gasteiger charge is 2.31. The summed E-state index contributed by atoms with van der Waals surface area (Å²) in [6, 6.07) is 1.56. The van der Waals surface area contributed by atoms with Gasteiger partial charge in [-0.2, -0.15) is 17.9 Å². The molecule has 0 saturated heterocycles. The molecule has 0 radical (unpaired) electrons. The van der Waals surface area contributed by atoms with Crippen molar-refractivity contribution in [3.8, 4) is 0 Å². The standard InChI is InChI=1S/C8H4ClF3N2O/c9-5-1-4(8(10,11)12)2-6-7(5)13-3-14(6)15/h1-3,15H. The van der Waals surface area contributed by atoms with E-state index in [9.17, 15) is 13.2 Å². The molecular formula is C8H4ClF3N2O. The van der Waals surface area contributed by atoms with Crippen LogP contribution in [0.3, 0.4) is 0 Å². The summed E-state index contributed by atoms with van der Waals surface area (Å²) >= 11 is 5.59. The van der Waals surface area contributed by atoms with Gasteiger partial charge in [-0.15, -0.1) is 0 Å². The van der Waals surface area contributed by atoms with Crippen LogP contribution in [0.5, 0.6) is 0 Å². The molecule has 1 N–H and O–H groups in total. The van der Waals surface area contributed by atoms with Crippen molar-refractivity contribution in [3.63, 3.8) is 0 Å². The largest absolute Gasteiger partial charge is 0.427 e. The summed E-state index contributed by atoms with van der Waals surface area (Å²) in [7, 11) is 0. The van der Waals surface area contributed by atoms with Crippen molar-refractivity contribution >= 4 is 22.6 Å². The fourth-order valence-corrected chi connectivity index (χ4v) is 1.49. The van der Waals surface area contributed by atoms with E-state index in [1.807, 2.05) is 0 Å². The van der Waals surface area contributed by atoms with Crippen LogP contribution < -0.4 is 0 Å². The van der Waals surface area contributed by atoms with Gasteiger partial charge in [-0.3, -0.25) is 0 Å². The summed E-state index contributed by atoms with van der Waals surface area (Å²) < 4.78 is 37.6. The zero-order chi connectivity index (χ0) is 11.2. The molecule has 7 heteroatoms. The number of hydrogen-bond acceptors (Lipinski definition) is 2. The summed E-state index contributed by atoms with van der Waals surface area (Å²) in [5.74, 6) is 0. The van der Waals surface area contributed by atoms with Crippen molar-refractivity contribution in [3.05, 3.63) is 29.0 Å². The maximum Gasteiger partial charge on any atom is 0.416 e. The molecule has 2 aromatic rings. The molecule has 0 amide bonds. The van der Waals surface area contributed by atoms with Gasteiger partial charge in [0, 0.05) is 0 Å². The Morgan fingerprint density at radius 1 is 1.33 bits per heavy atom. The van der Waals surface area contributed by atoms with Crippen molar-refractivity contribution in [1.29, 1.82) is 0 Å². The molecule has 1 heterocycles. The number of alkyl halides is 3. The molecule has 0 saturated carbocycles. The van der Waals surface area contributed by atoms with E-state index in [-0.39, 0.29) is 16.1 Å². The monoisotopic (exact) mass is 236 g/mol. The van der Waals surface area contributed by atoms with Gasteiger partial charge in [-0.25, -0.2) is 4.98 Å². The van der Waals surface area contributed by atoms with Crippen molar-refractivity contribution in [1.82, 2.24) is 9.71 Å². The van der Waals surface area contributed by atoms with Crippen LogP contribution in [0.4, 0.5) is 13.2 Å². The van der Waals surface area contributed by atoms with Crippen molar-refractivity contribution < 1.29 is 18.4 Å². The van der Waals surface area contributed by atoms with Gasteiger partial charge in [0.2, 0.25) is 0 Å². The van der Waals surface area contributed by atoms with E-state index in [1.165, 1.54) is 0 Å². The van der Waals surface area contributed by atoms with E-state index in [1.54, 1.807) is 0 Å². The number of fused-ring (bicyclic) bond motifs is 1. The molecule has 15 heavy (non-hydrogen) atoms. The maximum absolute atomic E-state index is 12.4. The first kappa shape index (κ1) is 10.1. The lowest BCUT2D eigenvalue weighted by atomic mass is 10.2. The van der Waals surface area contributed by atoms with Gasteiger partial charge in [0.1, 0.15) is 17.4 Å². The topological polar surface area (TPSA) is 38.0 Å². The van der Waals surface area contributed by atoms with Gasteiger partial charge in [0.15, 0.2) is 0 Å². The smallest absolute Gasteiger partial charge is 0.416 e. The van der Waals surface area contributed by atoms with E-state index in [2.05, 4.69) is 4.98 Å². The van der Waals surface area contributed by atoms with Crippen LogP contribution in [0.1, 0.15) is 5.56 Å². The van der Waals surface area contributed by atoms with Crippen molar-refractivity contribution in [2.24, 2.45) is 0 Å². The van der Waals surface area contributed by atoms with Crippen LogP contribution in [0, 0.1) is 0 Å². The average Bonchev–Trinajstić information content (AvgIpc) is 2.47. The second kappa shape index (κ2) is 3.03. The molecule has 0 aliphatic heterocycles. The molecule has 0 aliphatic carbocycles. The van der Waals surface area contributed by atoms with Crippen molar-refractivity contribution in [2.75, 3.05) is 0 Å². The minimum atomic E-state index is -4.50. The zero-order valence-corrected chi connectivity index (χ0v) is 7.84. The SMILES string of the molecule is On1cnc2c(Cl)cc(C(F)(F)F)cc21. The van der Waals surface area contributed by atoms with Crippen LogP contribution in [-0.4, -0.2) is 14.9 Å². The number of rotatable bonds is 0. The Morgan fingerprint density at radius 2 is 2.00 bits per heavy atom. The molecule has 0 fully saturated rings. The molecule has 0 spiro atoms. The van der Waals surface area contributed by atoms with Gasteiger partial charge in [-0.05, 0) is 12.1 Å². The molecule has 1 aromatic heterocycles. The molecule has 80 valence electrons. The number of imidazole rings is 1. The molecule has 3 nitrogen and oxygen atoms in total. The van der Waals surface area contributed by atoms with Crippen LogP contribution in [-0.2, 0) is 6.18 Å². The Hall–Kier alpha value is -1.43. The lowest BCUT2D eigenvalue weighted by molar-refractivity contribution is -0.137. The third kappa shape index (κ3) is 1.61. The Balaban J connectivity index is 2.76. The lowest BCUT2D eigenvalue weighted by Crippen LogP contribution is -2.05. The van der Waals surface area contributed by atoms with Crippen LogP contribution in [0.15, 0.2) is 18.5 Å². The second-order valence-corrected chi connectivity index (χ2v) is 3.32. The molecule has 0 unspecified atom stereocenters. The third-order valence-electron chi connectivity index (χ3n) is 1.91. The summed E-state index contributed by atoms with van der Waals surface area (Å²) in [5, 5.41) is 9.01. The second-order valence-electron chi connectivity index (χ2n) is 2.91. The summed E-state index contributed by atoms with van der Waals surface area (Å²) in [5.41, 5.74) is -0.863. The fraction of sp³-hybridized carbons (Fsp3) is 0.125. The van der Waals surface area contributed by atoms with Crippen LogP contribution in [0.25, 0.3) is 11.0 Å². The predicted molar refractivity (Wildman–Crippen MR) is 46.9 cm³/mol. The minimum Gasteiger partial charge on any atom is -0.427 e. The van der Waals surface area contributed by atoms with Gasteiger partial charge in [0.05, 0.1) is 10.6 Å². The first-order valence-corrected chi connectivity index (χ1v) is 4.20. The van der Waals surface area contributed by atoms with Gasteiger partial charge in [0.25, 0.3) is 0 Å². The number of halogens is 4. The average molecular weight is 237 g/mol. The van der Waals surface area contributed by atoms with Crippen molar-refractivity contribution in [2.45, 2.75) is 6.18 Å². The summed E-state index contributed by atoms with van der Waals surface area (Å²) in [4.78, 5) is 3.65. The number of benzene rings is 1. The summed E-state index contributed by atoms with van der Waals surface area (Å²) in [6.45, 7) is 0. The molecule has 0 aliphatic rings. The predicted octanol–water partition coefficient (Wildman–Crippen LogP) is 2.95. The highest BCUT2D eigenvalue weighted by Crippen LogP contribution is 2.34. The van der Waals surface area contributed by atoms with E-state index < -0.39 is 11.7 Å². The molecule has 0 bridgehead atoms. The molecular weight excluding hydrogens is 233 g/mol. The van der Waals surface area contributed by atoms with E-state index in [0.717, 1.165) is 18.5 Å². The van der Waals surface area contributed by atoms with Gasteiger partial charge in [-0.1, -0.05) is 11.6 Å². The Bertz CT molecular complexity index is 520. The van der Waals surface area contributed by atoms with Crippen LogP contribution >= 0.6 is 11.6 Å². The van der Waals surface area contributed by atoms with Gasteiger partial charge >= 0.3 is 6.18 Å². The maximum atomic E-state index is 12.4. The third-order valence-corrected chi connectivity index (χ3v) is 2.20. The Kier molecular flexibility index (Phi) is 2.04. The molecule has 0 atom stereocenters. The number of hydrogen-bond donors (Lipinski definition) is 1. The Labute approximate surface area is 86.7 Å². The highest BCUT2D eigenvalue weighted by atomic mass is 35.5. The summed E-state index contributed by atoms with van der Waals surface area (Å²) in [6.07, 6.45) is -3.52. The van der Waals surface area contributed by atoms with E-state index >= 15 is 0 Å². The Morgan fingerprint density at radius 3 is 2.60 bits per heavy atom. The molecule has 2 rings (SSSR count). The van der Waals surface area contributed by atoms with Crippen LogP contribution in [0.2, 0.25) is 5.02 Å². The first-order chi connectivity index (χ1) is 6.89. The zero-order valence-electron chi connectivity index (χ0n) is 7.09. The normalized spacial score (nSPS) is 12.3. The molecule has 1 aromatic carbocycles. The number of nitrogens with zero attached hydrogens (tertiary/aromatic N) is 2. The minimum absolute atomic E-state index is 0.0742. The lowest BCUT2D eigenvalue weighted by Gasteiger charge is -2.07. The van der Waals surface area contributed by atoms with E-state index in [4.69, 9.17) is 16.8 Å². The van der Waals surface area contributed by atoms with Gasteiger partial charge < -0.3 is 5.21 Å². The fourth-order valence-electron chi connectivity index (χ4n) is 1.23. The number of aromatic nitrogens is 2. The highest BCUT2D eigenvalue weighted by molar-refractivity contribution is 6.35.